The lowest BCUT2D eigenvalue weighted by atomic mass is 9.96. The topological polar surface area (TPSA) is 56.5 Å². The molecule has 4 rings (SSSR count). The van der Waals surface area contributed by atoms with Crippen molar-refractivity contribution in [3.63, 3.8) is 0 Å². The summed E-state index contributed by atoms with van der Waals surface area (Å²) in [5.74, 6) is 0. The summed E-state index contributed by atoms with van der Waals surface area (Å²) in [4.78, 5) is 11.3. The van der Waals surface area contributed by atoms with E-state index in [1.807, 2.05) is 0 Å². The second kappa shape index (κ2) is 4.21. The molecule has 0 unspecified atom stereocenters. The Morgan fingerprint density at radius 3 is 3.05 bits per heavy atom. The lowest BCUT2D eigenvalue weighted by Crippen LogP contribution is -2.30. The van der Waals surface area contributed by atoms with Crippen LogP contribution in [0.5, 0.6) is 0 Å². The van der Waals surface area contributed by atoms with Crippen molar-refractivity contribution in [1.82, 2.24) is 20.3 Å². The summed E-state index contributed by atoms with van der Waals surface area (Å²) in [7, 11) is 0. The molecular formula is C16H18N4. The predicted molar refractivity (Wildman–Crippen MR) is 79.9 cm³/mol. The largest absolute Gasteiger partial charge is 0.358 e. The zero-order valence-corrected chi connectivity index (χ0v) is 11.7. The number of imidazole rings is 1. The molecule has 20 heavy (non-hydrogen) atoms. The molecule has 3 N–H and O–H groups in total. The maximum atomic E-state index is 4.52. The summed E-state index contributed by atoms with van der Waals surface area (Å²) in [6, 6.07) is 6.69. The highest BCUT2D eigenvalue weighted by Gasteiger charge is 2.25. The standard InChI is InChI=1S/C16H18N4/c1-9-10(2)20-14-11(9)4-3-5-12(14)15-16-13(6-7-17-15)18-8-19-16/h3-5,8,15,17,20H,6-7H2,1-2H3,(H,18,19)/t15-/m0/s1. The van der Waals surface area contributed by atoms with Crippen molar-refractivity contribution in [2.24, 2.45) is 0 Å². The third-order valence-corrected chi connectivity index (χ3v) is 4.44. The molecule has 1 aliphatic heterocycles. The molecule has 1 atom stereocenters. The fourth-order valence-corrected chi connectivity index (χ4v) is 3.22. The van der Waals surface area contributed by atoms with Crippen molar-refractivity contribution < 1.29 is 0 Å². The molecule has 4 heteroatoms. The molecule has 0 saturated heterocycles. The Balaban J connectivity index is 1.94. The van der Waals surface area contributed by atoms with Gasteiger partial charge in [-0.3, -0.25) is 0 Å². The monoisotopic (exact) mass is 266 g/mol. The SMILES string of the molecule is Cc1[nH]c2c([C@@H]3NCCc4[nH]cnc43)cccc2c1C. The Kier molecular flexibility index (Phi) is 2.47. The molecule has 102 valence electrons. The summed E-state index contributed by atoms with van der Waals surface area (Å²) in [6.45, 7) is 5.29. The van der Waals surface area contributed by atoms with Crippen LogP contribution >= 0.6 is 0 Å². The van der Waals surface area contributed by atoms with Gasteiger partial charge in [0.1, 0.15) is 0 Å². The number of H-pyrrole nitrogens is 2. The summed E-state index contributed by atoms with van der Waals surface area (Å²) in [6.07, 6.45) is 2.82. The van der Waals surface area contributed by atoms with Gasteiger partial charge >= 0.3 is 0 Å². The van der Waals surface area contributed by atoms with E-state index >= 15 is 0 Å². The van der Waals surface area contributed by atoms with Gasteiger partial charge in [0.2, 0.25) is 0 Å². The zero-order valence-electron chi connectivity index (χ0n) is 11.7. The Bertz CT molecular complexity index is 781. The molecule has 3 aromatic rings. The van der Waals surface area contributed by atoms with Crippen molar-refractivity contribution in [1.29, 1.82) is 0 Å². The first-order valence-corrected chi connectivity index (χ1v) is 7.09. The number of rotatable bonds is 1. The molecule has 0 fully saturated rings. The molecule has 0 spiro atoms. The van der Waals surface area contributed by atoms with Crippen molar-refractivity contribution in [3.8, 4) is 0 Å². The zero-order chi connectivity index (χ0) is 13.7. The maximum Gasteiger partial charge on any atom is 0.0926 e. The van der Waals surface area contributed by atoms with Crippen LogP contribution in [0.15, 0.2) is 24.5 Å². The van der Waals surface area contributed by atoms with E-state index in [1.165, 1.54) is 33.4 Å². The minimum absolute atomic E-state index is 0.172. The molecular weight excluding hydrogens is 248 g/mol. The van der Waals surface area contributed by atoms with Gasteiger partial charge < -0.3 is 15.3 Å². The average molecular weight is 266 g/mol. The number of nitrogens with one attached hydrogen (secondary N) is 3. The number of aromatic nitrogens is 3. The van der Waals surface area contributed by atoms with Gasteiger partial charge in [-0.25, -0.2) is 4.98 Å². The number of aryl methyl sites for hydroxylation is 2. The van der Waals surface area contributed by atoms with Crippen LogP contribution in [0.1, 0.15) is 34.3 Å². The quantitative estimate of drug-likeness (QED) is 0.634. The highest BCUT2D eigenvalue weighted by atomic mass is 15.0. The molecule has 0 amide bonds. The first kappa shape index (κ1) is 11.7. The Morgan fingerprint density at radius 1 is 1.25 bits per heavy atom. The Hall–Kier alpha value is -2.07. The molecule has 0 saturated carbocycles. The van der Waals surface area contributed by atoms with Crippen LogP contribution in [0.25, 0.3) is 10.9 Å². The molecule has 1 aromatic carbocycles. The van der Waals surface area contributed by atoms with Gasteiger partial charge in [0.25, 0.3) is 0 Å². The fourth-order valence-electron chi connectivity index (χ4n) is 3.22. The van der Waals surface area contributed by atoms with E-state index in [1.54, 1.807) is 6.33 Å². The van der Waals surface area contributed by atoms with Crippen LogP contribution in [-0.2, 0) is 6.42 Å². The van der Waals surface area contributed by atoms with Crippen molar-refractivity contribution in [2.45, 2.75) is 26.3 Å². The van der Waals surface area contributed by atoms with Gasteiger partial charge in [-0.15, -0.1) is 0 Å². The third-order valence-electron chi connectivity index (χ3n) is 4.44. The number of hydrogen-bond donors (Lipinski definition) is 3. The van der Waals surface area contributed by atoms with Gasteiger partial charge in [-0.1, -0.05) is 18.2 Å². The number of benzene rings is 1. The molecule has 1 aliphatic rings. The second-order valence-electron chi connectivity index (χ2n) is 5.55. The van der Waals surface area contributed by atoms with Crippen LogP contribution < -0.4 is 5.32 Å². The van der Waals surface area contributed by atoms with Gasteiger partial charge in [-0.05, 0) is 25.0 Å². The Morgan fingerprint density at radius 2 is 2.15 bits per heavy atom. The molecule has 4 nitrogen and oxygen atoms in total. The Labute approximate surface area is 117 Å². The summed E-state index contributed by atoms with van der Waals surface area (Å²) < 4.78 is 0. The molecule has 0 radical (unpaired) electrons. The molecule has 2 aromatic heterocycles. The van der Waals surface area contributed by atoms with E-state index in [9.17, 15) is 0 Å². The van der Waals surface area contributed by atoms with Gasteiger partial charge in [0.15, 0.2) is 0 Å². The van der Waals surface area contributed by atoms with E-state index in [2.05, 4.69) is 52.3 Å². The lowest BCUT2D eigenvalue weighted by Gasteiger charge is -2.23. The van der Waals surface area contributed by atoms with Crippen LogP contribution in [0.2, 0.25) is 0 Å². The van der Waals surface area contributed by atoms with E-state index < -0.39 is 0 Å². The normalized spacial score (nSPS) is 18.4. The van der Waals surface area contributed by atoms with Gasteiger partial charge in [0, 0.05) is 29.7 Å². The van der Waals surface area contributed by atoms with E-state index in [0.29, 0.717) is 0 Å². The lowest BCUT2D eigenvalue weighted by molar-refractivity contribution is 0.556. The summed E-state index contributed by atoms with van der Waals surface area (Å²) in [5, 5.41) is 4.91. The number of nitrogens with zero attached hydrogens (tertiary/aromatic N) is 1. The van der Waals surface area contributed by atoms with E-state index in [-0.39, 0.29) is 6.04 Å². The van der Waals surface area contributed by atoms with E-state index in [0.717, 1.165) is 18.7 Å². The number of fused-ring (bicyclic) bond motifs is 2. The number of aromatic amines is 2. The fraction of sp³-hybridized carbons (Fsp3) is 0.312. The summed E-state index contributed by atoms with van der Waals surface area (Å²) >= 11 is 0. The van der Waals surface area contributed by atoms with Crippen molar-refractivity contribution >= 4 is 10.9 Å². The van der Waals surface area contributed by atoms with Crippen molar-refractivity contribution in [3.05, 3.63) is 52.7 Å². The third kappa shape index (κ3) is 1.55. The second-order valence-corrected chi connectivity index (χ2v) is 5.55. The summed E-state index contributed by atoms with van der Waals surface area (Å²) in [5.41, 5.74) is 7.48. The number of hydrogen-bond acceptors (Lipinski definition) is 2. The molecule has 3 heterocycles. The molecule has 0 aliphatic carbocycles. The van der Waals surface area contributed by atoms with Gasteiger partial charge in [0.05, 0.1) is 23.6 Å². The minimum atomic E-state index is 0.172. The van der Waals surface area contributed by atoms with Crippen LogP contribution in [0.4, 0.5) is 0 Å². The molecule has 0 bridgehead atoms. The average Bonchev–Trinajstić information content (AvgIpc) is 3.04. The van der Waals surface area contributed by atoms with Crippen LogP contribution in [0.3, 0.4) is 0 Å². The van der Waals surface area contributed by atoms with Gasteiger partial charge in [-0.2, -0.15) is 0 Å². The predicted octanol–water partition coefficient (Wildman–Crippen LogP) is 2.74. The first-order valence-electron chi connectivity index (χ1n) is 7.09. The smallest absolute Gasteiger partial charge is 0.0926 e. The van der Waals surface area contributed by atoms with E-state index in [4.69, 9.17) is 0 Å². The minimum Gasteiger partial charge on any atom is -0.358 e. The maximum absolute atomic E-state index is 4.52. The number of para-hydroxylation sites is 1. The highest BCUT2D eigenvalue weighted by Crippen LogP contribution is 2.32. The highest BCUT2D eigenvalue weighted by molar-refractivity contribution is 5.87. The van der Waals surface area contributed by atoms with Crippen LogP contribution in [-0.4, -0.2) is 21.5 Å². The first-order chi connectivity index (χ1) is 9.75. The van der Waals surface area contributed by atoms with Crippen LogP contribution in [0, 0.1) is 13.8 Å². The van der Waals surface area contributed by atoms with Crippen molar-refractivity contribution in [2.75, 3.05) is 6.54 Å².